The monoisotopic (exact) mass is 242 g/mol. The van der Waals surface area contributed by atoms with E-state index in [1.165, 1.54) is 42.5 Å². The summed E-state index contributed by atoms with van der Waals surface area (Å²) in [4.78, 5) is 2.19. The van der Waals surface area contributed by atoms with Crippen LogP contribution in [0.1, 0.15) is 37.8 Å². The Hall–Kier alpha value is -1.49. The van der Waals surface area contributed by atoms with E-state index in [9.17, 15) is 0 Å². The van der Waals surface area contributed by atoms with E-state index < -0.39 is 0 Å². The van der Waals surface area contributed by atoms with Gasteiger partial charge in [-0.05, 0) is 62.8 Å². The van der Waals surface area contributed by atoms with Crippen LogP contribution in [0.2, 0.25) is 0 Å². The molecule has 0 atom stereocenters. The van der Waals surface area contributed by atoms with Gasteiger partial charge in [0.15, 0.2) is 0 Å². The highest BCUT2D eigenvalue weighted by Crippen LogP contribution is 2.27. The fourth-order valence-corrected chi connectivity index (χ4v) is 2.68. The molecule has 0 heterocycles. The molecule has 1 aromatic rings. The van der Waals surface area contributed by atoms with Gasteiger partial charge in [-0.1, -0.05) is 6.07 Å². The second kappa shape index (κ2) is 5.02. The van der Waals surface area contributed by atoms with Gasteiger partial charge in [-0.25, -0.2) is 0 Å². The van der Waals surface area contributed by atoms with E-state index >= 15 is 0 Å². The van der Waals surface area contributed by atoms with Gasteiger partial charge in [0.25, 0.3) is 0 Å². The van der Waals surface area contributed by atoms with E-state index in [-0.39, 0.29) is 5.41 Å². The summed E-state index contributed by atoms with van der Waals surface area (Å²) in [6.07, 6.45) is 5.06. The quantitative estimate of drug-likeness (QED) is 0.810. The van der Waals surface area contributed by atoms with E-state index in [2.05, 4.69) is 36.2 Å². The molecule has 2 rings (SSSR count). The third-order valence-corrected chi connectivity index (χ3v) is 3.71. The first-order chi connectivity index (χ1) is 8.52. The van der Waals surface area contributed by atoms with Gasteiger partial charge in [-0.15, -0.1) is 0 Å². The molecule has 0 spiro atoms. The van der Waals surface area contributed by atoms with Gasteiger partial charge >= 0.3 is 0 Å². The third kappa shape index (κ3) is 2.85. The molecule has 0 N–H and O–H groups in total. The Bertz CT molecular complexity index is 468. The number of hydrogen-bond donors (Lipinski definition) is 0. The smallest absolute Gasteiger partial charge is 0.0702 e. The van der Waals surface area contributed by atoms with Gasteiger partial charge in [-0.3, -0.25) is 0 Å². The van der Waals surface area contributed by atoms with Crippen molar-refractivity contribution in [1.29, 1.82) is 5.26 Å². The number of benzene rings is 1. The summed E-state index contributed by atoms with van der Waals surface area (Å²) in [6.45, 7) is 4.74. The summed E-state index contributed by atoms with van der Waals surface area (Å²) in [5, 5.41) is 9.11. The van der Waals surface area contributed by atoms with Crippen molar-refractivity contribution >= 4 is 5.69 Å². The van der Waals surface area contributed by atoms with E-state index in [4.69, 9.17) is 5.26 Å². The van der Waals surface area contributed by atoms with E-state index in [0.717, 1.165) is 6.54 Å². The van der Waals surface area contributed by atoms with Crippen LogP contribution in [0.4, 0.5) is 5.69 Å². The number of anilines is 1. The zero-order chi connectivity index (χ0) is 13.2. The van der Waals surface area contributed by atoms with Gasteiger partial charge in [0.05, 0.1) is 11.5 Å². The highest BCUT2D eigenvalue weighted by atomic mass is 15.1. The maximum absolute atomic E-state index is 9.11. The van der Waals surface area contributed by atoms with Crippen molar-refractivity contribution in [3.63, 3.8) is 0 Å². The lowest BCUT2D eigenvalue weighted by molar-refractivity contribution is 0.497. The van der Waals surface area contributed by atoms with Crippen LogP contribution in [0.3, 0.4) is 0 Å². The normalized spacial score (nSPS) is 14.8. The van der Waals surface area contributed by atoms with E-state index in [0.29, 0.717) is 0 Å². The fraction of sp³-hybridized carbons (Fsp3) is 0.562. The summed E-state index contributed by atoms with van der Waals surface area (Å²) in [5.74, 6) is 0. The Morgan fingerprint density at radius 1 is 1.22 bits per heavy atom. The minimum absolute atomic E-state index is 0.301. The number of nitrogens with zero attached hydrogens (tertiary/aromatic N) is 2. The Kier molecular flexibility index (Phi) is 3.61. The average Bonchev–Trinajstić information content (AvgIpc) is 2.37. The second-order valence-electron chi connectivity index (χ2n) is 6.01. The molecule has 2 nitrogen and oxygen atoms in total. The molecule has 18 heavy (non-hydrogen) atoms. The molecule has 1 aliphatic carbocycles. The Morgan fingerprint density at radius 2 is 1.89 bits per heavy atom. The number of aryl methyl sites for hydroxylation is 2. The molecule has 96 valence electrons. The van der Waals surface area contributed by atoms with Gasteiger partial charge in [-0.2, -0.15) is 5.26 Å². The molecule has 0 saturated carbocycles. The topological polar surface area (TPSA) is 27.0 Å². The van der Waals surface area contributed by atoms with Crippen LogP contribution in [0.5, 0.6) is 0 Å². The van der Waals surface area contributed by atoms with Crippen molar-refractivity contribution < 1.29 is 0 Å². The van der Waals surface area contributed by atoms with Crippen LogP contribution in [0.15, 0.2) is 18.2 Å². The van der Waals surface area contributed by atoms with Gasteiger partial charge in [0.2, 0.25) is 0 Å². The number of rotatable bonds is 3. The minimum Gasteiger partial charge on any atom is -0.373 e. The molecular formula is C16H22N2. The van der Waals surface area contributed by atoms with Crippen LogP contribution in [0.25, 0.3) is 0 Å². The molecule has 0 bridgehead atoms. The van der Waals surface area contributed by atoms with Gasteiger partial charge in [0.1, 0.15) is 0 Å². The molecule has 2 heteroatoms. The molecule has 0 aromatic heterocycles. The van der Waals surface area contributed by atoms with Crippen molar-refractivity contribution in [2.75, 3.05) is 18.5 Å². The van der Waals surface area contributed by atoms with Crippen molar-refractivity contribution in [3.05, 3.63) is 29.3 Å². The minimum atomic E-state index is -0.301. The zero-order valence-corrected chi connectivity index (χ0v) is 11.7. The Labute approximate surface area is 110 Å². The fourth-order valence-electron chi connectivity index (χ4n) is 2.68. The van der Waals surface area contributed by atoms with E-state index in [1.807, 2.05) is 13.8 Å². The summed E-state index contributed by atoms with van der Waals surface area (Å²) in [5.41, 5.74) is 3.95. The van der Waals surface area contributed by atoms with Crippen molar-refractivity contribution in [1.82, 2.24) is 0 Å². The highest BCUT2D eigenvalue weighted by molar-refractivity contribution is 5.51. The Morgan fingerprint density at radius 3 is 2.56 bits per heavy atom. The predicted octanol–water partition coefficient (Wildman–Crippen LogP) is 3.55. The first-order valence-electron chi connectivity index (χ1n) is 6.76. The molecule has 0 radical (unpaired) electrons. The number of hydrogen-bond acceptors (Lipinski definition) is 2. The van der Waals surface area contributed by atoms with Crippen molar-refractivity contribution in [3.8, 4) is 6.07 Å². The third-order valence-electron chi connectivity index (χ3n) is 3.71. The van der Waals surface area contributed by atoms with Gasteiger partial charge in [0, 0.05) is 19.3 Å². The second-order valence-corrected chi connectivity index (χ2v) is 6.01. The maximum Gasteiger partial charge on any atom is 0.0702 e. The molecular weight excluding hydrogens is 220 g/mol. The summed E-state index contributed by atoms with van der Waals surface area (Å²) < 4.78 is 0. The SMILES string of the molecule is CN(CC(C)(C)C#N)c1ccc2c(c1)CCCC2. The molecule has 0 saturated heterocycles. The lowest BCUT2D eigenvalue weighted by atomic mass is 9.90. The van der Waals surface area contributed by atoms with Crippen molar-refractivity contribution in [2.45, 2.75) is 39.5 Å². The van der Waals surface area contributed by atoms with Crippen LogP contribution >= 0.6 is 0 Å². The molecule has 1 aromatic carbocycles. The lowest BCUT2D eigenvalue weighted by Crippen LogP contribution is -2.30. The molecule has 0 aliphatic heterocycles. The van der Waals surface area contributed by atoms with Crippen LogP contribution in [0, 0.1) is 16.7 Å². The standard InChI is InChI=1S/C16H22N2/c1-16(2,11-17)12-18(3)15-9-8-13-6-4-5-7-14(13)10-15/h8-10H,4-7,12H2,1-3H3. The molecule has 1 aliphatic rings. The zero-order valence-electron chi connectivity index (χ0n) is 11.7. The summed E-state index contributed by atoms with van der Waals surface area (Å²) in [7, 11) is 2.07. The summed E-state index contributed by atoms with van der Waals surface area (Å²) >= 11 is 0. The molecule has 0 unspecified atom stereocenters. The lowest BCUT2D eigenvalue weighted by Gasteiger charge is -2.27. The van der Waals surface area contributed by atoms with Crippen LogP contribution in [-0.4, -0.2) is 13.6 Å². The average molecular weight is 242 g/mol. The largest absolute Gasteiger partial charge is 0.373 e. The highest BCUT2D eigenvalue weighted by Gasteiger charge is 2.20. The first-order valence-corrected chi connectivity index (χ1v) is 6.76. The predicted molar refractivity (Wildman–Crippen MR) is 75.7 cm³/mol. The van der Waals surface area contributed by atoms with E-state index in [1.54, 1.807) is 0 Å². The van der Waals surface area contributed by atoms with Gasteiger partial charge < -0.3 is 4.90 Å². The Balaban J connectivity index is 2.16. The summed E-state index contributed by atoms with van der Waals surface area (Å²) in [6, 6.07) is 9.13. The van der Waals surface area contributed by atoms with Crippen LogP contribution < -0.4 is 4.90 Å². The number of nitriles is 1. The number of fused-ring (bicyclic) bond motifs is 1. The van der Waals surface area contributed by atoms with Crippen LogP contribution in [-0.2, 0) is 12.8 Å². The first kappa shape index (κ1) is 13.0. The maximum atomic E-state index is 9.11. The van der Waals surface area contributed by atoms with Crippen molar-refractivity contribution in [2.24, 2.45) is 5.41 Å². The molecule has 0 amide bonds. The molecule has 0 fully saturated rings.